The summed E-state index contributed by atoms with van der Waals surface area (Å²) in [6, 6.07) is 15.6. The first-order valence-electron chi connectivity index (χ1n) is 8.35. The van der Waals surface area contributed by atoms with E-state index in [1.54, 1.807) is 6.20 Å². The van der Waals surface area contributed by atoms with Crippen LogP contribution < -0.4 is 15.6 Å². The summed E-state index contributed by atoms with van der Waals surface area (Å²) in [5.41, 5.74) is 2.60. The Morgan fingerprint density at radius 1 is 1.19 bits per heavy atom. The molecule has 1 aromatic heterocycles. The standard InChI is InChI=1S/C20H20ClN3O2/c1-3-15-11-16(21)9-10-17(15)22-20-23-19(25)18(26-2)13-24(20)12-14-7-5-4-6-8-14/h4-11,13H,3,12H2,1-2H3,(H,22,23,25). The molecule has 0 aliphatic heterocycles. The third-order valence-corrected chi connectivity index (χ3v) is 4.31. The van der Waals surface area contributed by atoms with Gasteiger partial charge in [-0.3, -0.25) is 4.79 Å². The number of halogens is 1. The van der Waals surface area contributed by atoms with E-state index in [-0.39, 0.29) is 5.75 Å². The Balaban J connectivity index is 2.02. The molecule has 0 saturated heterocycles. The van der Waals surface area contributed by atoms with Crippen LogP contribution in [0.4, 0.5) is 11.6 Å². The van der Waals surface area contributed by atoms with Crippen LogP contribution in [0, 0.1) is 0 Å². The number of benzene rings is 2. The van der Waals surface area contributed by atoms with Crippen molar-refractivity contribution in [3.05, 3.63) is 81.2 Å². The Morgan fingerprint density at radius 3 is 2.65 bits per heavy atom. The molecular weight excluding hydrogens is 350 g/mol. The van der Waals surface area contributed by atoms with Gasteiger partial charge in [-0.05, 0) is 35.7 Å². The summed E-state index contributed by atoms with van der Waals surface area (Å²) in [5, 5.41) is 3.95. The minimum Gasteiger partial charge on any atom is -0.490 e. The molecule has 0 atom stereocenters. The third kappa shape index (κ3) is 4.06. The number of rotatable bonds is 6. The molecule has 6 heteroatoms. The van der Waals surface area contributed by atoms with Crippen LogP contribution in [0.15, 0.2) is 59.5 Å². The van der Waals surface area contributed by atoms with Crippen molar-refractivity contribution in [3.8, 4) is 5.75 Å². The van der Waals surface area contributed by atoms with Gasteiger partial charge in [-0.25, -0.2) is 0 Å². The number of hydrogen-bond acceptors (Lipinski definition) is 4. The van der Waals surface area contributed by atoms with Crippen LogP contribution in [-0.2, 0) is 13.0 Å². The van der Waals surface area contributed by atoms with Gasteiger partial charge in [0.2, 0.25) is 11.7 Å². The van der Waals surface area contributed by atoms with Crippen molar-refractivity contribution in [2.45, 2.75) is 19.9 Å². The van der Waals surface area contributed by atoms with Crippen LogP contribution in [-0.4, -0.2) is 16.7 Å². The molecule has 0 fully saturated rings. The lowest BCUT2D eigenvalue weighted by Gasteiger charge is -2.17. The van der Waals surface area contributed by atoms with Crippen molar-refractivity contribution >= 4 is 23.2 Å². The van der Waals surface area contributed by atoms with Gasteiger partial charge in [0.1, 0.15) is 0 Å². The fourth-order valence-electron chi connectivity index (χ4n) is 2.71. The predicted molar refractivity (Wildman–Crippen MR) is 105 cm³/mol. The minimum atomic E-state index is -0.411. The summed E-state index contributed by atoms with van der Waals surface area (Å²) in [4.78, 5) is 16.3. The van der Waals surface area contributed by atoms with E-state index < -0.39 is 5.56 Å². The van der Waals surface area contributed by atoms with Gasteiger partial charge in [0.05, 0.1) is 19.9 Å². The lowest BCUT2D eigenvalue weighted by atomic mass is 10.1. The highest BCUT2D eigenvalue weighted by Crippen LogP contribution is 2.24. The number of ether oxygens (including phenoxy) is 1. The monoisotopic (exact) mass is 369 g/mol. The molecule has 26 heavy (non-hydrogen) atoms. The first-order chi connectivity index (χ1) is 12.6. The fraction of sp³-hybridized carbons (Fsp3) is 0.200. The minimum absolute atomic E-state index is 0.207. The van der Waals surface area contributed by atoms with Crippen molar-refractivity contribution in [2.24, 2.45) is 0 Å². The molecule has 0 spiro atoms. The second-order valence-electron chi connectivity index (χ2n) is 5.83. The van der Waals surface area contributed by atoms with Gasteiger partial charge in [0.15, 0.2) is 0 Å². The molecule has 0 saturated carbocycles. The number of hydrogen-bond donors (Lipinski definition) is 1. The molecule has 2 aromatic carbocycles. The van der Waals surface area contributed by atoms with Crippen LogP contribution in [0.3, 0.4) is 0 Å². The number of nitrogens with zero attached hydrogens (tertiary/aromatic N) is 2. The highest BCUT2D eigenvalue weighted by atomic mass is 35.5. The molecule has 5 nitrogen and oxygen atoms in total. The zero-order valence-corrected chi connectivity index (χ0v) is 15.5. The molecule has 0 unspecified atom stereocenters. The SMILES string of the molecule is CCc1cc(Cl)ccc1Nc1nc(=O)c(OC)cn1Cc1ccccc1. The Bertz CT molecular complexity index is 955. The summed E-state index contributed by atoms with van der Waals surface area (Å²) in [6.07, 6.45) is 2.48. The van der Waals surface area contributed by atoms with E-state index in [9.17, 15) is 4.79 Å². The molecule has 0 bridgehead atoms. The zero-order valence-electron chi connectivity index (χ0n) is 14.7. The summed E-state index contributed by atoms with van der Waals surface area (Å²) >= 11 is 6.09. The van der Waals surface area contributed by atoms with Crippen LogP contribution in [0.2, 0.25) is 5.02 Å². The Morgan fingerprint density at radius 2 is 1.96 bits per heavy atom. The Labute approximate surface area is 157 Å². The van der Waals surface area contributed by atoms with Crippen LogP contribution >= 0.6 is 11.6 Å². The lowest BCUT2D eigenvalue weighted by molar-refractivity contribution is 0.402. The molecule has 1 heterocycles. The fourth-order valence-corrected chi connectivity index (χ4v) is 2.91. The second-order valence-corrected chi connectivity index (χ2v) is 6.27. The van der Waals surface area contributed by atoms with Gasteiger partial charge in [0, 0.05) is 10.7 Å². The van der Waals surface area contributed by atoms with E-state index in [0.717, 1.165) is 23.2 Å². The van der Waals surface area contributed by atoms with E-state index in [1.807, 2.05) is 53.1 Å². The molecule has 0 amide bonds. The van der Waals surface area contributed by atoms with E-state index >= 15 is 0 Å². The van der Waals surface area contributed by atoms with Gasteiger partial charge < -0.3 is 14.6 Å². The predicted octanol–water partition coefficient (Wildman–Crippen LogP) is 4.26. The summed E-state index contributed by atoms with van der Waals surface area (Å²) < 4.78 is 7.01. The number of aromatic nitrogens is 2. The highest BCUT2D eigenvalue weighted by Gasteiger charge is 2.11. The second kappa shape index (κ2) is 8.06. The lowest BCUT2D eigenvalue weighted by Crippen LogP contribution is -2.19. The molecule has 134 valence electrons. The quantitative estimate of drug-likeness (QED) is 0.705. The Kier molecular flexibility index (Phi) is 5.58. The average Bonchev–Trinajstić information content (AvgIpc) is 2.66. The highest BCUT2D eigenvalue weighted by molar-refractivity contribution is 6.30. The summed E-state index contributed by atoms with van der Waals surface area (Å²) in [5.74, 6) is 0.662. The molecule has 1 N–H and O–H groups in total. The van der Waals surface area contributed by atoms with Gasteiger partial charge in [0.25, 0.3) is 0 Å². The normalized spacial score (nSPS) is 10.6. The van der Waals surface area contributed by atoms with Crippen LogP contribution in [0.1, 0.15) is 18.1 Å². The zero-order chi connectivity index (χ0) is 18.5. The van der Waals surface area contributed by atoms with Gasteiger partial charge in [-0.2, -0.15) is 4.98 Å². The molecule has 3 rings (SSSR count). The first-order valence-corrected chi connectivity index (χ1v) is 8.73. The molecule has 0 aliphatic rings. The van der Waals surface area contributed by atoms with Gasteiger partial charge in [-0.15, -0.1) is 0 Å². The summed E-state index contributed by atoms with van der Waals surface area (Å²) in [6.45, 7) is 2.61. The maximum atomic E-state index is 12.2. The average molecular weight is 370 g/mol. The maximum absolute atomic E-state index is 12.2. The van der Waals surface area contributed by atoms with Crippen molar-refractivity contribution in [2.75, 3.05) is 12.4 Å². The molecule has 0 radical (unpaired) electrons. The number of anilines is 2. The number of aryl methyl sites for hydroxylation is 1. The van der Waals surface area contributed by atoms with Crippen LogP contribution in [0.25, 0.3) is 0 Å². The summed E-state index contributed by atoms with van der Waals surface area (Å²) in [7, 11) is 1.47. The number of nitrogens with one attached hydrogen (secondary N) is 1. The van der Waals surface area contributed by atoms with Gasteiger partial charge in [-0.1, -0.05) is 48.9 Å². The van der Waals surface area contributed by atoms with E-state index in [2.05, 4.69) is 17.2 Å². The maximum Gasteiger partial charge on any atom is 0.316 e. The van der Waals surface area contributed by atoms with E-state index in [0.29, 0.717) is 17.5 Å². The molecule has 3 aromatic rings. The largest absolute Gasteiger partial charge is 0.490 e. The van der Waals surface area contributed by atoms with Crippen molar-refractivity contribution in [1.82, 2.24) is 9.55 Å². The van der Waals surface area contributed by atoms with Crippen molar-refractivity contribution in [1.29, 1.82) is 0 Å². The van der Waals surface area contributed by atoms with Crippen molar-refractivity contribution in [3.63, 3.8) is 0 Å². The van der Waals surface area contributed by atoms with Crippen LogP contribution in [0.5, 0.6) is 5.75 Å². The smallest absolute Gasteiger partial charge is 0.316 e. The molecular formula is C20H20ClN3O2. The number of methoxy groups -OCH3 is 1. The molecule has 0 aliphatic carbocycles. The topological polar surface area (TPSA) is 56.1 Å². The Hall–Kier alpha value is -2.79. The van der Waals surface area contributed by atoms with E-state index in [1.165, 1.54) is 7.11 Å². The third-order valence-electron chi connectivity index (χ3n) is 4.07. The van der Waals surface area contributed by atoms with E-state index in [4.69, 9.17) is 16.3 Å². The first kappa shape index (κ1) is 18.0. The van der Waals surface area contributed by atoms with Crippen molar-refractivity contribution < 1.29 is 4.74 Å². The van der Waals surface area contributed by atoms with Gasteiger partial charge >= 0.3 is 5.56 Å².